The molecule has 1 heterocycles. The van der Waals surface area contributed by atoms with Gasteiger partial charge in [-0.3, -0.25) is 4.79 Å². The van der Waals surface area contributed by atoms with Gasteiger partial charge in [0.05, 0.1) is 0 Å². The molecule has 0 amide bonds. The Morgan fingerprint density at radius 1 is 1.58 bits per heavy atom. The molecule has 106 valence electrons. The van der Waals surface area contributed by atoms with E-state index in [9.17, 15) is 4.79 Å². The van der Waals surface area contributed by atoms with Crippen LogP contribution in [0.4, 0.5) is 0 Å². The molecule has 0 spiro atoms. The number of hydrogen-bond acceptors (Lipinski definition) is 4. The van der Waals surface area contributed by atoms with Gasteiger partial charge in [-0.05, 0) is 6.42 Å². The zero-order chi connectivity index (χ0) is 14.3. The maximum atomic E-state index is 11.5. The predicted molar refractivity (Wildman–Crippen MR) is 81.9 cm³/mol. The Balaban J connectivity index is 2.52. The first kappa shape index (κ1) is 16.0. The predicted octanol–water partition coefficient (Wildman–Crippen LogP) is 2.37. The molecule has 0 saturated carbocycles. The first-order valence-corrected chi connectivity index (χ1v) is 7.63. The van der Waals surface area contributed by atoms with E-state index in [1.807, 2.05) is 0 Å². The number of hydrogen-bond donors (Lipinski definition) is 2. The molecular formula is C14H23N3OS. The van der Waals surface area contributed by atoms with E-state index in [-0.39, 0.29) is 5.56 Å². The van der Waals surface area contributed by atoms with Crippen molar-refractivity contribution in [1.29, 1.82) is 0 Å². The van der Waals surface area contributed by atoms with Crippen LogP contribution in [-0.4, -0.2) is 28.3 Å². The molecule has 0 saturated heterocycles. The van der Waals surface area contributed by atoms with E-state index in [2.05, 4.69) is 42.6 Å². The zero-order valence-electron chi connectivity index (χ0n) is 12.0. The summed E-state index contributed by atoms with van der Waals surface area (Å²) >= 11 is 1.53. The highest BCUT2D eigenvalue weighted by molar-refractivity contribution is 7.99. The number of nitrogens with one attached hydrogen (secondary N) is 2. The van der Waals surface area contributed by atoms with E-state index in [1.54, 1.807) is 6.07 Å². The fraction of sp³-hybridized carbons (Fsp3) is 0.571. The third-order valence-electron chi connectivity index (χ3n) is 2.45. The number of aromatic amines is 1. The molecule has 5 heteroatoms. The number of rotatable bonds is 8. The third-order valence-corrected chi connectivity index (χ3v) is 3.47. The van der Waals surface area contributed by atoms with Crippen LogP contribution < -0.4 is 10.9 Å². The first-order chi connectivity index (χ1) is 9.01. The van der Waals surface area contributed by atoms with Crippen LogP contribution in [0, 0.1) is 0 Å². The van der Waals surface area contributed by atoms with Gasteiger partial charge in [-0.1, -0.05) is 51.1 Å². The maximum absolute atomic E-state index is 11.5. The summed E-state index contributed by atoms with van der Waals surface area (Å²) in [4.78, 5) is 18.7. The van der Waals surface area contributed by atoms with Gasteiger partial charge in [-0.15, -0.1) is 0 Å². The lowest BCUT2D eigenvalue weighted by Crippen LogP contribution is -2.25. The van der Waals surface area contributed by atoms with Gasteiger partial charge in [0.2, 0.25) is 0 Å². The van der Waals surface area contributed by atoms with Crippen LogP contribution in [0.1, 0.15) is 32.9 Å². The van der Waals surface area contributed by atoms with Gasteiger partial charge in [0.25, 0.3) is 5.56 Å². The molecule has 0 unspecified atom stereocenters. The number of nitrogens with zero attached hydrogens (tertiary/aromatic N) is 1. The SMILES string of the molecule is C=C(CNC(C)C)CSc1nc(CCC)cc(=O)[nH]1. The fourth-order valence-electron chi connectivity index (χ4n) is 1.51. The summed E-state index contributed by atoms with van der Waals surface area (Å²) in [6.45, 7) is 11.1. The minimum absolute atomic E-state index is 0.0770. The highest BCUT2D eigenvalue weighted by Crippen LogP contribution is 2.14. The number of aryl methyl sites for hydroxylation is 1. The van der Waals surface area contributed by atoms with E-state index in [0.717, 1.165) is 36.4 Å². The van der Waals surface area contributed by atoms with E-state index < -0.39 is 0 Å². The van der Waals surface area contributed by atoms with Crippen LogP contribution >= 0.6 is 11.8 Å². The van der Waals surface area contributed by atoms with Crippen molar-refractivity contribution in [1.82, 2.24) is 15.3 Å². The lowest BCUT2D eigenvalue weighted by Gasteiger charge is -2.10. The summed E-state index contributed by atoms with van der Waals surface area (Å²) in [5, 5.41) is 4.00. The van der Waals surface area contributed by atoms with Crippen LogP contribution in [-0.2, 0) is 6.42 Å². The van der Waals surface area contributed by atoms with Gasteiger partial charge in [0, 0.05) is 30.1 Å². The average Bonchev–Trinajstić information content (AvgIpc) is 2.33. The Morgan fingerprint density at radius 2 is 2.32 bits per heavy atom. The van der Waals surface area contributed by atoms with Crippen LogP contribution in [0.15, 0.2) is 28.2 Å². The number of aromatic nitrogens is 2. The largest absolute Gasteiger partial charge is 0.311 e. The van der Waals surface area contributed by atoms with Crippen molar-refractivity contribution in [3.63, 3.8) is 0 Å². The maximum Gasteiger partial charge on any atom is 0.251 e. The minimum Gasteiger partial charge on any atom is -0.311 e. The summed E-state index contributed by atoms with van der Waals surface area (Å²) in [7, 11) is 0. The van der Waals surface area contributed by atoms with Gasteiger partial charge < -0.3 is 10.3 Å². The monoisotopic (exact) mass is 281 g/mol. The first-order valence-electron chi connectivity index (χ1n) is 6.64. The summed E-state index contributed by atoms with van der Waals surface area (Å²) < 4.78 is 0. The fourth-order valence-corrected chi connectivity index (χ4v) is 2.30. The lowest BCUT2D eigenvalue weighted by molar-refractivity contribution is 0.623. The van der Waals surface area contributed by atoms with Crippen molar-refractivity contribution in [2.45, 2.75) is 44.8 Å². The average molecular weight is 281 g/mol. The molecule has 0 radical (unpaired) electrons. The van der Waals surface area contributed by atoms with Crippen molar-refractivity contribution in [2.24, 2.45) is 0 Å². The van der Waals surface area contributed by atoms with Crippen molar-refractivity contribution in [3.05, 3.63) is 34.3 Å². The van der Waals surface area contributed by atoms with Gasteiger partial charge >= 0.3 is 0 Å². The number of H-pyrrole nitrogens is 1. The smallest absolute Gasteiger partial charge is 0.251 e. The Hall–Kier alpha value is -1.07. The minimum atomic E-state index is -0.0770. The molecule has 4 nitrogen and oxygen atoms in total. The second-order valence-electron chi connectivity index (χ2n) is 4.87. The summed E-state index contributed by atoms with van der Waals surface area (Å²) in [6.07, 6.45) is 1.83. The topological polar surface area (TPSA) is 57.8 Å². The molecule has 1 aromatic rings. The molecule has 0 aromatic carbocycles. The number of thioether (sulfide) groups is 1. The van der Waals surface area contributed by atoms with Gasteiger partial charge in [0.1, 0.15) is 0 Å². The summed E-state index contributed by atoms with van der Waals surface area (Å²) in [5.41, 5.74) is 1.88. The molecule has 0 aliphatic heterocycles. The van der Waals surface area contributed by atoms with Gasteiger partial charge in [-0.25, -0.2) is 4.98 Å². The lowest BCUT2D eigenvalue weighted by atomic mass is 10.2. The molecule has 0 bridgehead atoms. The van der Waals surface area contributed by atoms with Gasteiger partial charge in [-0.2, -0.15) is 0 Å². The molecule has 1 rings (SSSR count). The van der Waals surface area contributed by atoms with Crippen molar-refractivity contribution >= 4 is 11.8 Å². The van der Waals surface area contributed by atoms with Crippen molar-refractivity contribution < 1.29 is 0 Å². The van der Waals surface area contributed by atoms with E-state index >= 15 is 0 Å². The Bertz CT molecular complexity index is 468. The second-order valence-corrected chi connectivity index (χ2v) is 5.83. The van der Waals surface area contributed by atoms with Crippen LogP contribution in [0.2, 0.25) is 0 Å². The summed E-state index contributed by atoms with van der Waals surface area (Å²) in [6, 6.07) is 2.02. The van der Waals surface area contributed by atoms with Crippen molar-refractivity contribution in [3.8, 4) is 0 Å². The second kappa shape index (κ2) is 8.17. The molecule has 1 aromatic heterocycles. The molecular weight excluding hydrogens is 258 g/mol. The highest BCUT2D eigenvalue weighted by Gasteiger charge is 2.03. The molecule has 19 heavy (non-hydrogen) atoms. The Morgan fingerprint density at radius 3 is 2.95 bits per heavy atom. The molecule has 0 fully saturated rings. The van der Waals surface area contributed by atoms with Crippen LogP contribution in [0.25, 0.3) is 0 Å². The van der Waals surface area contributed by atoms with E-state index in [4.69, 9.17) is 0 Å². The van der Waals surface area contributed by atoms with E-state index in [0.29, 0.717) is 11.2 Å². The zero-order valence-corrected chi connectivity index (χ0v) is 12.8. The molecule has 0 atom stereocenters. The van der Waals surface area contributed by atoms with Gasteiger partial charge in [0.15, 0.2) is 5.16 Å². The normalized spacial score (nSPS) is 10.9. The van der Waals surface area contributed by atoms with Crippen molar-refractivity contribution in [2.75, 3.05) is 12.3 Å². The highest BCUT2D eigenvalue weighted by atomic mass is 32.2. The molecule has 0 aliphatic carbocycles. The van der Waals surface area contributed by atoms with Crippen LogP contribution in [0.3, 0.4) is 0 Å². The van der Waals surface area contributed by atoms with Crippen LogP contribution in [0.5, 0.6) is 0 Å². The Kier molecular flexibility index (Phi) is 6.87. The summed E-state index contributed by atoms with van der Waals surface area (Å²) in [5.74, 6) is 0.762. The standard InChI is InChI=1S/C14H23N3OS/c1-5-6-12-7-13(18)17-14(16-12)19-9-11(4)8-15-10(2)3/h7,10,15H,4-6,8-9H2,1-3H3,(H,16,17,18). The quantitative estimate of drug-likeness (QED) is 0.436. The Labute approximate surface area is 119 Å². The van der Waals surface area contributed by atoms with E-state index in [1.165, 1.54) is 11.8 Å². The molecule has 2 N–H and O–H groups in total. The third kappa shape index (κ3) is 6.59. The molecule has 0 aliphatic rings.